The Bertz CT molecular complexity index is 1200. The summed E-state index contributed by atoms with van der Waals surface area (Å²) < 4.78 is 21.8. The maximum absolute atomic E-state index is 14.3. The summed E-state index contributed by atoms with van der Waals surface area (Å²) in [5.74, 6) is 2.31. The lowest BCUT2D eigenvalue weighted by atomic mass is 10.0. The highest BCUT2D eigenvalue weighted by Crippen LogP contribution is 2.41. The Hall–Kier alpha value is -3.00. The molecule has 1 saturated carbocycles. The van der Waals surface area contributed by atoms with Crippen LogP contribution >= 0.6 is 11.8 Å². The zero-order valence-corrected chi connectivity index (χ0v) is 18.1. The van der Waals surface area contributed by atoms with Crippen LogP contribution in [0.25, 0.3) is 22.8 Å². The van der Waals surface area contributed by atoms with E-state index < -0.39 is 0 Å². The minimum atomic E-state index is -0.293. The maximum Gasteiger partial charge on any atom is 0.237 e. The van der Waals surface area contributed by atoms with Crippen LogP contribution in [0.4, 0.5) is 4.39 Å². The van der Waals surface area contributed by atoms with Gasteiger partial charge in [0.05, 0.1) is 11.3 Å². The molecule has 0 spiro atoms. The van der Waals surface area contributed by atoms with Crippen molar-refractivity contribution in [3.8, 4) is 22.8 Å². The van der Waals surface area contributed by atoms with E-state index >= 15 is 0 Å². The molecule has 5 rings (SSSR count). The van der Waals surface area contributed by atoms with E-state index in [1.165, 1.54) is 23.4 Å². The SMILES string of the molecule is CC(C)c1ccc(-c2noc(CSc3nnc(-c4ccccc4F)n3C3CC3)n2)cc1. The second-order valence-corrected chi connectivity index (χ2v) is 8.91. The number of aromatic nitrogens is 5. The summed E-state index contributed by atoms with van der Waals surface area (Å²) in [7, 11) is 0. The minimum Gasteiger partial charge on any atom is -0.338 e. The van der Waals surface area contributed by atoms with Crippen molar-refractivity contribution in [1.29, 1.82) is 0 Å². The highest BCUT2D eigenvalue weighted by atomic mass is 32.2. The Kier molecular flexibility index (Phi) is 5.31. The van der Waals surface area contributed by atoms with Gasteiger partial charge in [-0.3, -0.25) is 4.57 Å². The van der Waals surface area contributed by atoms with Crippen LogP contribution < -0.4 is 0 Å². The van der Waals surface area contributed by atoms with Crippen molar-refractivity contribution in [3.63, 3.8) is 0 Å². The maximum atomic E-state index is 14.3. The Balaban J connectivity index is 1.34. The molecule has 0 amide bonds. The van der Waals surface area contributed by atoms with Crippen LogP contribution in [0.1, 0.15) is 50.1 Å². The highest BCUT2D eigenvalue weighted by molar-refractivity contribution is 7.98. The molecule has 2 aromatic heterocycles. The lowest BCUT2D eigenvalue weighted by molar-refractivity contribution is 0.391. The molecule has 0 N–H and O–H groups in total. The lowest BCUT2D eigenvalue weighted by Crippen LogP contribution is -2.01. The molecule has 158 valence electrons. The van der Waals surface area contributed by atoms with Gasteiger partial charge in [-0.05, 0) is 36.5 Å². The topological polar surface area (TPSA) is 69.6 Å². The average Bonchev–Trinajstić information content (AvgIpc) is 3.35. The van der Waals surface area contributed by atoms with Gasteiger partial charge in [-0.15, -0.1) is 10.2 Å². The van der Waals surface area contributed by atoms with Gasteiger partial charge in [-0.25, -0.2) is 4.39 Å². The predicted molar refractivity (Wildman–Crippen MR) is 117 cm³/mol. The van der Waals surface area contributed by atoms with Gasteiger partial charge in [0.15, 0.2) is 11.0 Å². The molecule has 1 aliphatic carbocycles. The number of hydrogen-bond acceptors (Lipinski definition) is 6. The van der Waals surface area contributed by atoms with Gasteiger partial charge in [-0.2, -0.15) is 4.98 Å². The number of hydrogen-bond donors (Lipinski definition) is 0. The highest BCUT2D eigenvalue weighted by Gasteiger charge is 2.31. The van der Waals surface area contributed by atoms with Crippen LogP contribution in [0.15, 0.2) is 58.2 Å². The number of thioether (sulfide) groups is 1. The monoisotopic (exact) mass is 435 g/mol. The lowest BCUT2D eigenvalue weighted by Gasteiger charge is -2.08. The van der Waals surface area contributed by atoms with Gasteiger partial charge >= 0.3 is 0 Å². The van der Waals surface area contributed by atoms with E-state index in [9.17, 15) is 4.39 Å². The first-order valence-electron chi connectivity index (χ1n) is 10.4. The van der Waals surface area contributed by atoms with E-state index in [0.717, 1.165) is 23.6 Å². The van der Waals surface area contributed by atoms with Crippen LogP contribution in [0.5, 0.6) is 0 Å². The number of halogens is 1. The van der Waals surface area contributed by atoms with E-state index in [1.54, 1.807) is 12.1 Å². The van der Waals surface area contributed by atoms with Crippen molar-refractivity contribution in [2.24, 2.45) is 0 Å². The van der Waals surface area contributed by atoms with Gasteiger partial charge in [0.2, 0.25) is 11.7 Å². The van der Waals surface area contributed by atoms with Crippen LogP contribution in [0.3, 0.4) is 0 Å². The first kappa shape index (κ1) is 19.9. The van der Waals surface area contributed by atoms with Crippen molar-refractivity contribution in [1.82, 2.24) is 24.9 Å². The van der Waals surface area contributed by atoms with Gasteiger partial charge in [0.25, 0.3) is 0 Å². The second-order valence-electron chi connectivity index (χ2n) is 7.96. The van der Waals surface area contributed by atoms with Crippen molar-refractivity contribution in [3.05, 3.63) is 65.8 Å². The molecule has 0 atom stereocenters. The first-order chi connectivity index (χ1) is 15.1. The summed E-state index contributed by atoms with van der Waals surface area (Å²) >= 11 is 1.48. The summed E-state index contributed by atoms with van der Waals surface area (Å²) in [5.41, 5.74) is 2.67. The molecule has 31 heavy (non-hydrogen) atoms. The third-order valence-electron chi connectivity index (χ3n) is 5.32. The molecule has 0 aliphatic heterocycles. The summed E-state index contributed by atoms with van der Waals surface area (Å²) in [6, 6.07) is 15.2. The predicted octanol–water partition coefficient (Wildman–Crippen LogP) is 5.88. The van der Waals surface area contributed by atoms with E-state index in [0.29, 0.717) is 40.8 Å². The van der Waals surface area contributed by atoms with Gasteiger partial charge in [-0.1, -0.05) is 67.2 Å². The molecule has 4 aromatic rings. The van der Waals surface area contributed by atoms with Crippen molar-refractivity contribution >= 4 is 11.8 Å². The summed E-state index contributed by atoms with van der Waals surface area (Å²) in [6.07, 6.45) is 2.09. The molecular formula is C23H22FN5OS. The molecule has 8 heteroatoms. The van der Waals surface area contributed by atoms with Crippen molar-refractivity contribution in [2.75, 3.05) is 0 Å². The molecule has 6 nitrogen and oxygen atoms in total. The number of benzene rings is 2. The fourth-order valence-electron chi connectivity index (χ4n) is 3.44. The Morgan fingerprint density at radius 3 is 2.58 bits per heavy atom. The van der Waals surface area contributed by atoms with Crippen molar-refractivity contribution < 1.29 is 8.91 Å². The van der Waals surface area contributed by atoms with Crippen LogP contribution in [-0.2, 0) is 5.75 Å². The van der Waals surface area contributed by atoms with E-state index in [4.69, 9.17) is 4.52 Å². The quantitative estimate of drug-likeness (QED) is 0.337. The summed E-state index contributed by atoms with van der Waals surface area (Å²) in [4.78, 5) is 4.52. The molecule has 0 saturated heterocycles. The van der Waals surface area contributed by atoms with E-state index in [2.05, 4.69) is 46.3 Å². The number of rotatable bonds is 7. The van der Waals surface area contributed by atoms with E-state index in [1.807, 2.05) is 22.8 Å². The molecule has 0 radical (unpaired) electrons. The van der Waals surface area contributed by atoms with Crippen LogP contribution in [-0.4, -0.2) is 24.9 Å². The number of nitrogens with zero attached hydrogens (tertiary/aromatic N) is 5. The molecule has 2 heterocycles. The average molecular weight is 436 g/mol. The Morgan fingerprint density at radius 1 is 1.10 bits per heavy atom. The standard InChI is InChI=1S/C23H22FN5OS/c1-14(2)15-7-9-16(10-8-15)21-25-20(30-28-21)13-31-23-27-26-22(29(23)17-11-12-17)18-5-3-4-6-19(18)24/h3-10,14,17H,11-13H2,1-2H3. The van der Waals surface area contributed by atoms with Gasteiger partial charge in [0, 0.05) is 11.6 Å². The van der Waals surface area contributed by atoms with Crippen LogP contribution in [0, 0.1) is 5.82 Å². The third-order valence-corrected chi connectivity index (χ3v) is 6.25. The summed E-state index contributed by atoms with van der Waals surface area (Å²) in [5, 5.41) is 13.5. The second kappa shape index (κ2) is 8.26. The van der Waals surface area contributed by atoms with Crippen molar-refractivity contribution in [2.45, 2.75) is 49.6 Å². The first-order valence-corrected chi connectivity index (χ1v) is 11.3. The Morgan fingerprint density at radius 2 is 1.87 bits per heavy atom. The largest absolute Gasteiger partial charge is 0.338 e. The fraction of sp³-hybridized carbons (Fsp3) is 0.304. The van der Waals surface area contributed by atoms with Crippen LogP contribution in [0.2, 0.25) is 0 Å². The zero-order valence-electron chi connectivity index (χ0n) is 17.3. The molecule has 1 aliphatic rings. The molecule has 0 bridgehead atoms. The van der Waals surface area contributed by atoms with Gasteiger partial charge < -0.3 is 4.52 Å². The molecule has 0 unspecified atom stereocenters. The smallest absolute Gasteiger partial charge is 0.237 e. The molecular weight excluding hydrogens is 413 g/mol. The summed E-state index contributed by atoms with van der Waals surface area (Å²) in [6.45, 7) is 4.33. The Labute approximate surface area is 183 Å². The fourth-order valence-corrected chi connectivity index (χ4v) is 4.28. The van der Waals surface area contributed by atoms with Gasteiger partial charge in [0.1, 0.15) is 5.82 Å². The van der Waals surface area contributed by atoms with E-state index in [-0.39, 0.29) is 5.82 Å². The minimum absolute atomic E-state index is 0.293. The zero-order chi connectivity index (χ0) is 21.4. The third kappa shape index (κ3) is 4.12. The molecule has 1 fully saturated rings. The normalized spacial score (nSPS) is 13.8. The molecule has 2 aromatic carbocycles.